The van der Waals surface area contributed by atoms with Crippen LogP contribution in [0.2, 0.25) is 0 Å². The molecule has 0 aliphatic rings. The molecule has 0 amide bonds. The van der Waals surface area contributed by atoms with E-state index in [0.29, 0.717) is 18.6 Å². The Hall–Kier alpha value is -1.36. The molecule has 0 unspecified atom stereocenters. The van der Waals surface area contributed by atoms with Crippen molar-refractivity contribution in [2.45, 2.75) is 6.54 Å². The Morgan fingerprint density at radius 3 is 3.09 bits per heavy atom. The summed E-state index contributed by atoms with van der Waals surface area (Å²) in [5.41, 5.74) is 5.98. The van der Waals surface area contributed by atoms with Crippen molar-refractivity contribution < 1.29 is 0 Å². The number of hydrogen-bond acceptors (Lipinski definition) is 4. The van der Waals surface area contributed by atoms with E-state index in [0.717, 1.165) is 0 Å². The maximum atomic E-state index is 5.34. The molecule has 1 heterocycles. The minimum atomic E-state index is 0.532. The number of nitrogens with two attached hydrogens (primary N) is 2. The summed E-state index contributed by atoms with van der Waals surface area (Å²) >= 11 is 0. The van der Waals surface area contributed by atoms with Gasteiger partial charge >= 0.3 is 0 Å². The van der Waals surface area contributed by atoms with E-state index in [4.69, 9.17) is 11.6 Å². The second kappa shape index (κ2) is 3.72. The van der Waals surface area contributed by atoms with E-state index in [1.54, 1.807) is 23.0 Å². The molecule has 11 heavy (non-hydrogen) atoms. The summed E-state index contributed by atoms with van der Waals surface area (Å²) in [6.45, 7) is 1.17. The monoisotopic (exact) mass is 153 g/mol. The second-order valence-electron chi connectivity index (χ2n) is 2.02. The lowest BCUT2D eigenvalue weighted by atomic mass is 10.5. The highest BCUT2D eigenvalue weighted by Gasteiger charge is 1.89. The quantitative estimate of drug-likeness (QED) is 0.405. The molecule has 0 radical (unpaired) electrons. The van der Waals surface area contributed by atoms with Crippen molar-refractivity contribution in [3.63, 3.8) is 0 Å². The molecule has 0 aliphatic carbocycles. The summed E-state index contributed by atoms with van der Waals surface area (Å²) in [4.78, 5) is 0. The third-order valence-electron chi connectivity index (χ3n) is 1.28. The molecule has 5 heteroatoms. The third kappa shape index (κ3) is 1.78. The minimum absolute atomic E-state index is 0.532. The molecule has 60 valence electrons. The average molecular weight is 153 g/mol. The number of aromatic nitrogens is 2. The number of hydrogen-bond donors (Lipinski definition) is 2. The Morgan fingerprint density at radius 1 is 1.64 bits per heavy atom. The van der Waals surface area contributed by atoms with E-state index < -0.39 is 0 Å². The van der Waals surface area contributed by atoms with Gasteiger partial charge in [0.15, 0.2) is 5.49 Å². The summed E-state index contributed by atoms with van der Waals surface area (Å²) in [7, 11) is 0. The van der Waals surface area contributed by atoms with Crippen LogP contribution in [0.25, 0.3) is 0 Å². The molecular formula is C6H11N5. The molecule has 4 N–H and O–H groups in total. The highest BCUT2D eigenvalue weighted by molar-refractivity contribution is 4.83. The van der Waals surface area contributed by atoms with Gasteiger partial charge in [0.1, 0.15) is 0 Å². The predicted molar refractivity (Wildman–Crippen MR) is 41.0 cm³/mol. The van der Waals surface area contributed by atoms with Crippen LogP contribution < -0.4 is 17.1 Å². The van der Waals surface area contributed by atoms with Crippen molar-refractivity contribution in [2.75, 3.05) is 6.54 Å². The number of rotatable bonds is 2. The standard InChI is InChI=1S/C6H11N5/c7-3-5-11-6(10-8)2-1-4-9-11/h1-2,4H,3,5,7-8H2. The molecule has 0 saturated heterocycles. The fourth-order valence-electron chi connectivity index (χ4n) is 0.798. The van der Waals surface area contributed by atoms with Gasteiger partial charge in [0.05, 0.1) is 6.54 Å². The molecular weight excluding hydrogens is 142 g/mol. The fourth-order valence-corrected chi connectivity index (χ4v) is 0.798. The molecule has 0 spiro atoms. The van der Waals surface area contributed by atoms with Crippen LogP contribution in [-0.2, 0) is 6.54 Å². The molecule has 1 aromatic heterocycles. The third-order valence-corrected chi connectivity index (χ3v) is 1.28. The van der Waals surface area contributed by atoms with Crippen molar-refractivity contribution in [3.8, 4) is 0 Å². The van der Waals surface area contributed by atoms with Crippen molar-refractivity contribution in [3.05, 3.63) is 23.8 Å². The first-order valence-electron chi connectivity index (χ1n) is 3.34. The molecule has 1 aromatic rings. The van der Waals surface area contributed by atoms with Gasteiger partial charge in [-0.2, -0.15) is 10.2 Å². The first-order chi connectivity index (χ1) is 5.38. The van der Waals surface area contributed by atoms with Gasteiger partial charge in [-0.1, -0.05) is 0 Å². The van der Waals surface area contributed by atoms with Crippen LogP contribution in [0.1, 0.15) is 0 Å². The van der Waals surface area contributed by atoms with Crippen LogP contribution in [0.15, 0.2) is 23.4 Å². The van der Waals surface area contributed by atoms with E-state index in [1.807, 2.05) is 0 Å². The molecule has 0 aliphatic heterocycles. The van der Waals surface area contributed by atoms with Crippen LogP contribution in [0.5, 0.6) is 0 Å². The maximum Gasteiger partial charge on any atom is 0.168 e. The summed E-state index contributed by atoms with van der Waals surface area (Å²) in [6.07, 6.45) is 1.67. The van der Waals surface area contributed by atoms with Crippen LogP contribution in [0, 0.1) is 0 Å². The minimum Gasteiger partial charge on any atom is -0.329 e. The fraction of sp³-hybridized carbons (Fsp3) is 0.333. The molecule has 5 nitrogen and oxygen atoms in total. The van der Waals surface area contributed by atoms with Gasteiger partial charge in [-0.15, -0.1) is 0 Å². The zero-order valence-corrected chi connectivity index (χ0v) is 6.14. The highest BCUT2D eigenvalue weighted by atomic mass is 15.3. The van der Waals surface area contributed by atoms with Gasteiger partial charge in [0, 0.05) is 12.7 Å². The lowest BCUT2D eigenvalue weighted by molar-refractivity contribution is 0.573. The summed E-state index contributed by atoms with van der Waals surface area (Å²) < 4.78 is 1.65. The number of nitrogens with zero attached hydrogens (tertiary/aromatic N) is 3. The van der Waals surface area contributed by atoms with Gasteiger partial charge in [-0.3, -0.25) is 0 Å². The molecule has 0 atom stereocenters. The Balaban J connectivity index is 3.03. The van der Waals surface area contributed by atoms with E-state index in [2.05, 4.69) is 10.2 Å². The van der Waals surface area contributed by atoms with Crippen LogP contribution in [0.3, 0.4) is 0 Å². The SMILES string of the molecule is NCCn1ncccc1=NN. The van der Waals surface area contributed by atoms with Gasteiger partial charge in [-0.05, 0) is 12.1 Å². The van der Waals surface area contributed by atoms with Crippen molar-refractivity contribution in [2.24, 2.45) is 16.7 Å². The van der Waals surface area contributed by atoms with Crippen molar-refractivity contribution in [1.82, 2.24) is 9.78 Å². The molecule has 0 fully saturated rings. The molecule has 1 rings (SSSR count). The van der Waals surface area contributed by atoms with Crippen molar-refractivity contribution in [1.29, 1.82) is 0 Å². The van der Waals surface area contributed by atoms with E-state index in [-0.39, 0.29) is 0 Å². The molecule has 0 aromatic carbocycles. The van der Waals surface area contributed by atoms with Gasteiger partial charge < -0.3 is 11.6 Å². The highest BCUT2D eigenvalue weighted by Crippen LogP contribution is 1.73. The molecule has 0 saturated carbocycles. The van der Waals surface area contributed by atoms with E-state index >= 15 is 0 Å². The Kier molecular flexibility index (Phi) is 2.62. The zero-order valence-electron chi connectivity index (χ0n) is 6.14. The first-order valence-corrected chi connectivity index (χ1v) is 3.34. The van der Waals surface area contributed by atoms with Crippen LogP contribution >= 0.6 is 0 Å². The van der Waals surface area contributed by atoms with Crippen LogP contribution in [-0.4, -0.2) is 16.3 Å². The van der Waals surface area contributed by atoms with E-state index in [9.17, 15) is 0 Å². The summed E-state index contributed by atoms with van der Waals surface area (Å²) in [5.74, 6) is 5.10. The Labute approximate surface area is 64.3 Å². The first kappa shape index (κ1) is 7.74. The molecule has 0 bridgehead atoms. The largest absolute Gasteiger partial charge is 0.329 e. The lowest BCUT2D eigenvalue weighted by Crippen LogP contribution is -2.27. The Morgan fingerprint density at radius 2 is 2.45 bits per heavy atom. The van der Waals surface area contributed by atoms with Crippen LogP contribution in [0.4, 0.5) is 0 Å². The van der Waals surface area contributed by atoms with E-state index in [1.165, 1.54) is 0 Å². The second-order valence-corrected chi connectivity index (χ2v) is 2.02. The topological polar surface area (TPSA) is 82.2 Å². The van der Waals surface area contributed by atoms with Gasteiger partial charge in [0.2, 0.25) is 0 Å². The smallest absolute Gasteiger partial charge is 0.168 e. The zero-order chi connectivity index (χ0) is 8.10. The van der Waals surface area contributed by atoms with Gasteiger partial charge in [0.25, 0.3) is 0 Å². The normalized spacial score (nSPS) is 11.9. The van der Waals surface area contributed by atoms with Gasteiger partial charge in [-0.25, -0.2) is 4.68 Å². The van der Waals surface area contributed by atoms with Crippen molar-refractivity contribution >= 4 is 0 Å². The Bertz CT molecular complexity index is 276. The average Bonchev–Trinajstić information content (AvgIpc) is 2.06. The lowest BCUT2D eigenvalue weighted by Gasteiger charge is -2.00. The maximum absolute atomic E-state index is 5.34. The predicted octanol–water partition coefficient (Wildman–Crippen LogP) is -1.38. The summed E-state index contributed by atoms with van der Waals surface area (Å²) in [6, 6.07) is 3.56. The summed E-state index contributed by atoms with van der Waals surface area (Å²) in [5, 5.41) is 7.54.